The number of hydrogen-bond donors (Lipinski definition) is 0. The van der Waals surface area contributed by atoms with Crippen molar-refractivity contribution < 1.29 is 23.4 Å². The molecule has 0 unspecified atom stereocenters. The van der Waals surface area contributed by atoms with E-state index in [4.69, 9.17) is 14.2 Å². The first-order chi connectivity index (χ1) is 8.75. The van der Waals surface area contributed by atoms with Crippen molar-refractivity contribution in [1.29, 1.82) is 0 Å². The van der Waals surface area contributed by atoms with E-state index in [9.17, 15) is 9.18 Å². The molecule has 4 nitrogen and oxygen atoms in total. The lowest BCUT2D eigenvalue weighted by atomic mass is 10.1. The molecule has 0 aliphatic heterocycles. The molecular weight excluding hydrogens is 239 g/mol. The summed E-state index contributed by atoms with van der Waals surface area (Å²) >= 11 is 0. The molecule has 0 aromatic heterocycles. The Morgan fingerprint density at radius 2 is 1.78 bits per heavy atom. The average molecular weight is 256 g/mol. The summed E-state index contributed by atoms with van der Waals surface area (Å²) < 4.78 is 28.3. The van der Waals surface area contributed by atoms with Crippen molar-refractivity contribution in [3.05, 3.63) is 35.6 Å². The molecule has 0 saturated heterocycles. The van der Waals surface area contributed by atoms with Gasteiger partial charge in [0, 0.05) is 7.11 Å². The lowest BCUT2D eigenvalue weighted by Gasteiger charge is -2.05. The van der Waals surface area contributed by atoms with Crippen LogP contribution in [0.3, 0.4) is 0 Å². The van der Waals surface area contributed by atoms with Gasteiger partial charge in [0.15, 0.2) is 5.78 Å². The van der Waals surface area contributed by atoms with Gasteiger partial charge in [-0.1, -0.05) is 12.1 Å². The van der Waals surface area contributed by atoms with E-state index in [1.54, 1.807) is 13.2 Å². The minimum absolute atomic E-state index is 0.0535. The fourth-order valence-electron chi connectivity index (χ4n) is 1.29. The minimum Gasteiger partial charge on any atom is -0.382 e. The summed E-state index contributed by atoms with van der Waals surface area (Å²) in [4.78, 5) is 11.6. The SMILES string of the molecule is COCCOCCOCC(=O)c1ccccc1F. The van der Waals surface area contributed by atoms with Crippen LogP contribution in [0, 0.1) is 5.82 Å². The van der Waals surface area contributed by atoms with E-state index in [1.165, 1.54) is 18.2 Å². The second-order valence-electron chi connectivity index (χ2n) is 3.56. The summed E-state index contributed by atoms with van der Waals surface area (Å²) in [7, 11) is 1.59. The number of carbonyl (C=O) groups is 1. The molecule has 1 aromatic carbocycles. The highest BCUT2D eigenvalue weighted by molar-refractivity contribution is 5.97. The zero-order valence-corrected chi connectivity index (χ0v) is 10.4. The minimum atomic E-state index is -0.526. The zero-order valence-electron chi connectivity index (χ0n) is 10.4. The molecule has 5 heteroatoms. The lowest BCUT2D eigenvalue weighted by Crippen LogP contribution is -2.14. The molecule has 0 atom stereocenters. The number of hydrogen-bond acceptors (Lipinski definition) is 4. The van der Waals surface area contributed by atoms with E-state index >= 15 is 0 Å². The number of methoxy groups -OCH3 is 1. The largest absolute Gasteiger partial charge is 0.382 e. The summed E-state index contributed by atoms with van der Waals surface area (Å²) in [5.74, 6) is -0.896. The lowest BCUT2D eigenvalue weighted by molar-refractivity contribution is 0.0252. The van der Waals surface area contributed by atoms with E-state index < -0.39 is 5.82 Å². The van der Waals surface area contributed by atoms with Crippen molar-refractivity contribution in [2.24, 2.45) is 0 Å². The molecule has 1 rings (SSSR count). The number of benzene rings is 1. The fraction of sp³-hybridized carbons (Fsp3) is 0.462. The third-order valence-electron chi connectivity index (χ3n) is 2.21. The summed E-state index contributed by atoms with van der Waals surface area (Å²) in [5, 5.41) is 0. The Hall–Kier alpha value is -1.30. The van der Waals surface area contributed by atoms with Crippen LogP contribution in [0.15, 0.2) is 24.3 Å². The first-order valence-corrected chi connectivity index (χ1v) is 5.68. The number of halogens is 1. The molecule has 100 valence electrons. The average Bonchev–Trinajstić information content (AvgIpc) is 2.38. The number of carbonyl (C=O) groups excluding carboxylic acids is 1. The van der Waals surface area contributed by atoms with E-state index in [1.807, 2.05) is 0 Å². The molecule has 0 N–H and O–H groups in total. The molecule has 0 heterocycles. The molecule has 0 radical (unpaired) electrons. The maximum atomic E-state index is 13.2. The van der Waals surface area contributed by atoms with Gasteiger partial charge in [-0.25, -0.2) is 4.39 Å². The van der Waals surface area contributed by atoms with Gasteiger partial charge in [-0.15, -0.1) is 0 Å². The number of ether oxygens (including phenoxy) is 3. The van der Waals surface area contributed by atoms with E-state index in [0.29, 0.717) is 26.4 Å². The summed E-state index contributed by atoms with van der Waals surface area (Å²) in [6.07, 6.45) is 0. The molecule has 0 saturated carbocycles. The van der Waals surface area contributed by atoms with Gasteiger partial charge in [0.2, 0.25) is 0 Å². The van der Waals surface area contributed by atoms with Crippen molar-refractivity contribution in [2.75, 3.05) is 40.1 Å². The highest BCUT2D eigenvalue weighted by atomic mass is 19.1. The van der Waals surface area contributed by atoms with Gasteiger partial charge in [-0.05, 0) is 12.1 Å². The molecular formula is C13H17FO4. The molecule has 0 bridgehead atoms. The Morgan fingerprint density at radius 3 is 2.50 bits per heavy atom. The van der Waals surface area contributed by atoms with Crippen molar-refractivity contribution in [2.45, 2.75) is 0 Å². The summed E-state index contributed by atoms with van der Waals surface area (Å²) in [5.41, 5.74) is 0.0535. The second-order valence-corrected chi connectivity index (χ2v) is 3.56. The molecule has 0 fully saturated rings. The van der Waals surface area contributed by atoms with Crippen LogP contribution >= 0.6 is 0 Å². The molecule has 1 aromatic rings. The predicted molar refractivity (Wildman–Crippen MR) is 64.2 cm³/mol. The third kappa shape index (κ3) is 5.35. The number of rotatable bonds is 9. The van der Waals surface area contributed by atoms with E-state index in [2.05, 4.69) is 0 Å². The van der Waals surface area contributed by atoms with Gasteiger partial charge in [-0.3, -0.25) is 4.79 Å². The monoisotopic (exact) mass is 256 g/mol. The fourth-order valence-corrected chi connectivity index (χ4v) is 1.29. The van der Waals surface area contributed by atoms with Crippen molar-refractivity contribution in [1.82, 2.24) is 0 Å². The Labute approximate surface area is 106 Å². The van der Waals surface area contributed by atoms with Gasteiger partial charge >= 0.3 is 0 Å². The van der Waals surface area contributed by atoms with Gasteiger partial charge in [0.25, 0.3) is 0 Å². The van der Waals surface area contributed by atoms with Gasteiger partial charge in [0.1, 0.15) is 12.4 Å². The summed E-state index contributed by atoms with van der Waals surface area (Å²) in [6.45, 7) is 1.54. The topological polar surface area (TPSA) is 44.8 Å². The van der Waals surface area contributed by atoms with Crippen LogP contribution in [0.1, 0.15) is 10.4 Å². The van der Waals surface area contributed by atoms with Gasteiger partial charge in [0.05, 0.1) is 32.0 Å². The highest BCUT2D eigenvalue weighted by Gasteiger charge is 2.10. The van der Waals surface area contributed by atoms with Crippen molar-refractivity contribution in [3.63, 3.8) is 0 Å². The maximum Gasteiger partial charge on any atom is 0.191 e. The van der Waals surface area contributed by atoms with Crippen molar-refractivity contribution >= 4 is 5.78 Å². The van der Waals surface area contributed by atoms with Crippen LogP contribution < -0.4 is 0 Å². The first-order valence-electron chi connectivity index (χ1n) is 5.68. The second kappa shape index (κ2) is 8.74. The Morgan fingerprint density at radius 1 is 1.11 bits per heavy atom. The first kappa shape index (κ1) is 14.8. The normalized spacial score (nSPS) is 10.6. The van der Waals surface area contributed by atoms with Crippen LogP contribution in [0.4, 0.5) is 4.39 Å². The Kier molecular flexibility index (Phi) is 7.17. The van der Waals surface area contributed by atoms with E-state index in [0.717, 1.165) is 0 Å². The van der Waals surface area contributed by atoms with Crippen LogP contribution in [0.5, 0.6) is 0 Å². The molecule has 0 amide bonds. The molecule has 0 aliphatic carbocycles. The third-order valence-corrected chi connectivity index (χ3v) is 2.21. The number of Topliss-reactive ketones (excluding diaryl/α,β-unsaturated/α-hetero) is 1. The molecule has 0 aliphatic rings. The van der Waals surface area contributed by atoms with Crippen molar-refractivity contribution in [3.8, 4) is 0 Å². The highest BCUT2D eigenvalue weighted by Crippen LogP contribution is 2.07. The zero-order chi connectivity index (χ0) is 13.2. The smallest absolute Gasteiger partial charge is 0.191 e. The molecule has 0 spiro atoms. The quantitative estimate of drug-likeness (QED) is 0.498. The Balaban J connectivity index is 2.16. The van der Waals surface area contributed by atoms with Gasteiger partial charge < -0.3 is 14.2 Å². The molecule has 18 heavy (non-hydrogen) atoms. The Bertz CT molecular complexity index is 368. The number of ketones is 1. The van der Waals surface area contributed by atoms with Gasteiger partial charge in [-0.2, -0.15) is 0 Å². The van der Waals surface area contributed by atoms with Crippen LogP contribution in [0.2, 0.25) is 0 Å². The standard InChI is InChI=1S/C13H17FO4/c1-16-6-7-17-8-9-18-10-13(15)11-4-2-3-5-12(11)14/h2-5H,6-10H2,1H3. The van der Waals surface area contributed by atoms with Crippen LogP contribution in [0.25, 0.3) is 0 Å². The predicted octanol–water partition coefficient (Wildman–Crippen LogP) is 1.69. The maximum absolute atomic E-state index is 13.2. The van der Waals surface area contributed by atoms with E-state index in [-0.39, 0.29) is 18.0 Å². The van der Waals surface area contributed by atoms with Crippen LogP contribution in [-0.2, 0) is 14.2 Å². The van der Waals surface area contributed by atoms with Crippen LogP contribution in [-0.4, -0.2) is 45.9 Å². The summed E-state index contributed by atoms with van der Waals surface area (Å²) in [6, 6.07) is 5.85.